The van der Waals surface area contributed by atoms with Crippen LogP contribution in [0.4, 0.5) is 11.4 Å². The van der Waals surface area contributed by atoms with E-state index < -0.39 is 11.8 Å². The highest BCUT2D eigenvalue weighted by atomic mass is 16.5. The van der Waals surface area contributed by atoms with Crippen molar-refractivity contribution in [2.24, 2.45) is 0 Å². The molecule has 0 unspecified atom stereocenters. The van der Waals surface area contributed by atoms with Gasteiger partial charge in [-0.25, -0.2) is 4.90 Å². The number of nitrogens with zero attached hydrogens (tertiary/aromatic N) is 1. The van der Waals surface area contributed by atoms with Crippen molar-refractivity contribution in [3.63, 3.8) is 0 Å². The lowest BCUT2D eigenvalue weighted by atomic mass is 10.0. The van der Waals surface area contributed by atoms with E-state index in [0.29, 0.717) is 17.0 Å². The Kier molecular flexibility index (Phi) is 5.38. The molecule has 0 radical (unpaired) electrons. The van der Waals surface area contributed by atoms with Gasteiger partial charge in [-0.2, -0.15) is 0 Å². The fourth-order valence-corrected chi connectivity index (χ4v) is 4.56. The first kappa shape index (κ1) is 21.5. The molecule has 0 aliphatic carbocycles. The number of carbonyl (C=O) groups excluding carboxylic acids is 2. The van der Waals surface area contributed by atoms with Gasteiger partial charge in [0, 0.05) is 16.6 Å². The molecule has 34 heavy (non-hydrogen) atoms. The van der Waals surface area contributed by atoms with Gasteiger partial charge < -0.3 is 10.1 Å². The van der Waals surface area contributed by atoms with E-state index in [1.54, 1.807) is 25.3 Å². The molecule has 5 nitrogen and oxygen atoms in total. The second kappa shape index (κ2) is 8.52. The van der Waals surface area contributed by atoms with Crippen molar-refractivity contribution in [3.05, 3.63) is 107 Å². The quantitative estimate of drug-likeness (QED) is 0.389. The van der Waals surface area contributed by atoms with Crippen LogP contribution in [0.15, 0.2) is 90.6 Å². The number of ether oxygens (including phenoxy) is 1. The van der Waals surface area contributed by atoms with Crippen molar-refractivity contribution >= 4 is 39.5 Å². The molecule has 0 aromatic heterocycles. The number of benzene rings is 4. The number of aryl methyl sites for hydroxylation is 2. The highest BCUT2D eigenvalue weighted by molar-refractivity contribution is 6.47. The molecule has 0 atom stereocenters. The minimum Gasteiger partial charge on any atom is -0.496 e. The first-order chi connectivity index (χ1) is 16.5. The van der Waals surface area contributed by atoms with Crippen LogP contribution < -0.4 is 15.0 Å². The Morgan fingerprint density at radius 3 is 2.21 bits per heavy atom. The maximum Gasteiger partial charge on any atom is 0.282 e. The van der Waals surface area contributed by atoms with Crippen molar-refractivity contribution in [3.8, 4) is 5.75 Å². The van der Waals surface area contributed by atoms with Crippen LogP contribution in [-0.2, 0) is 9.59 Å². The van der Waals surface area contributed by atoms with E-state index in [9.17, 15) is 9.59 Å². The average Bonchev–Trinajstić information content (AvgIpc) is 3.07. The SMILES string of the molecule is COc1ccccc1C1=C(Nc2cc(C)cc(C)c2)C(=O)N(c2cccc3ccccc23)C1=O. The molecule has 0 spiro atoms. The zero-order chi connectivity index (χ0) is 23.8. The Morgan fingerprint density at radius 1 is 0.765 bits per heavy atom. The minimum atomic E-state index is -0.401. The third-order valence-corrected chi connectivity index (χ3v) is 5.96. The Balaban J connectivity index is 1.70. The molecular formula is C29H24N2O3. The second-order valence-corrected chi connectivity index (χ2v) is 8.40. The molecule has 5 rings (SSSR count). The molecule has 168 valence electrons. The predicted molar refractivity (Wildman–Crippen MR) is 136 cm³/mol. The van der Waals surface area contributed by atoms with Gasteiger partial charge in [0.05, 0.1) is 18.4 Å². The summed E-state index contributed by atoms with van der Waals surface area (Å²) in [7, 11) is 1.56. The molecule has 5 heteroatoms. The molecule has 2 amide bonds. The van der Waals surface area contributed by atoms with E-state index >= 15 is 0 Å². The van der Waals surface area contributed by atoms with Crippen LogP contribution in [0.25, 0.3) is 16.3 Å². The average molecular weight is 449 g/mol. The van der Waals surface area contributed by atoms with Gasteiger partial charge in [-0.15, -0.1) is 0 Å². The van der Waals surface area contributed by atoms with Gasteiger partial charge in [0.15, 0.2) is 0 Å². The smallest absolute Gasteiger partial charge is 0.282 e. The van der Waals surface area contributed by atoms with Gasteiger partial charge in [0.25, 0.3) is 11.8 Å². The Labute approximate surface area is 198 Å². The molecule has 0 bridgehead atoms. The molecule has 1 aliphatic rings. The van der Waals surface area contributed by atoms with Gasteiger partial charge in [-0.05, 0) is 54.6 Å². The summed E-state index contributed by atoms with van der Waals surface area (Å²) in [5.74, 6) is -0.266. The van der Waals surface area contributed by atoms with E-state index in [4.69, 9.17) is 4.74 Å². The summed E-state index contributed by atoms with van der Waals surface area (Å²) in [6, 6.07) is 26.6. The molecule has 0 saturated carbocycles. The summed E-state index contributed by atoms with van der Waals surface area (Å²) < 4.78 is 5.55. The van der Waals surface area contributed by atoms with Crippen LogP contribution in [0.2, 0.25) is 0 Å². The summed E-state index contributed by atoms with van der Waals surface area (Å²) in [6.07, 6.45) is 0. The Hall–Kier alpha value is -4.38. The summed E-state index contributed by atoms with van der Waals surface area (Å²) in [6.45, 7) is 4.00. The van der Waals surface area contributed by atoms with Gasteiger partial charge in [0.1, 0.15) is 11.4 Å². The maximum absolute atomic E-state index is 13.9. The molecule has 0 fully saturated rings. The number of amides is 2. The van der Waals surface area contributed by atoms with E-state index in [0.717, 1.165) is 27.6 Å². The lowest BCUT2D eigenvalue weighted by molar-refractivity contribution is -0.120. The number of imide groups is 1. The van der Waals surface area contributed by atoms with Gasteiger partial charge in [-0.1, -0.05) is 60.7 Å². The lowest BCUT2D eigenvalue weighted by Crippen LogP contribution is -2.32. The second-order valence-electron chi connectivity index (χ2n) is 8.40. The van der Waals surface area contributed by atoms with Crippen LogP contribution in [-0.4, -0.2) is 18.9 Å². The zero-order valence-electron chi connectivity index (χ0n) is 19.3. The summed E-state index contributed by atoms with van der Waals surface area (Å²) in [5, 5.41) is 5.05. The molecule has 4 aromatic carbocycles. The van der Waals surface area contributed by atoms with Crippen LogP contribution in [0.5, 0.6) is 5.75 Å². The van der Waals surface area contributed by atoms with Crippen molar-refractivity contribution in [1.29, 1.82) is 0 Å². The molecule has 1 heterocycles. The van der Waals surface area contributed by atoms with Crippen molar-refractivity contribution in [1.82, 2.24) is 0 Å². The number of rotatable bonds is 5. The highest BCUT2D eigenvalue weighted by Gasteiger charge is 2.41. The van der Waals surface area contributed by atoms with Crippen molar-refractivity contribution < 1.29 is 14.3 Å². The number of nitrogens with one attached hydrogen (secondary N) is 1. The fraction of sp³-hybridized carbons (Fsp3) is 0.103. The van der Waals surface area contributed by atoms with E-state index in [-0.39, 0.29) is 11.3 Å². The number of para-hydroxylation sites is 1. The standard InChI is InChI=1S/C29H24N2O3/c1-18-15-19(2)17-21(16-18)30-27-26(23-12-6-7-14-25(23)34-3)28(32)31(29(27)33)24-13-8-10-20-9-4-5-11-22(20)24/h4-17,30H,1-3H3. The summed E-state index contributed by atoms with van der Waals surface area (Å²) in [5.41, 5.74) is 4.51. The minimum absolute atomic E-state index is 0.229. The van der Waals surface area contributed by atoms with E-state index in [2.05, 4.69) is 11.4 Å². The van der Waals surface area contributed by atoms with Crippen LogP contribution in [0.3, 0.4) is 0 Å². The number of anilines is 2. The number of hydrogen-bond donors (Lipinski definition) is 1. The zero-order valence-corrected chi connectivity index (χ0v) is 19.3. The number of carbonyl (C=O) groups is 2. The highest BCUT2D eigenvalue weighted by Crippen LogP contribution is 2.39. The maximum atomic E-state index is 13.9. The predicted octanol–water partition coefficient (Wildman–Crippen LogP) is 5.86. The van der Waals surface area contributed by atoms with Gasteiger partial charge >= 0.3 is 0 Å². The molecule has 1 N–H and O–H groups in total. The third-order valence-electron chi connectivity index (χ3n) is 5.96. The van der Waals surface area contributed by atoms with E-state index in [1.807, 2.05) is 74.5 Å². The number of methoxy groups -OCH3 is 1. The lowest BCUT2D eigenvalue weighted by Gasteiger charge is -2.18. The first-order valence-corrected chi connectivity index (χ1v) is 11.1. The molecular weight excluding hydrogens is 424 g/mol. The largest absolute Gasteiger partial charge is 0.496 e. The third kappa shape index (κ3) is 3.61. The Morgan fingerprint density at radius 2 is 1.44 bits per heavy atom. The van der Waals surface area contributed by atoms with Gasteiger partial charge in [-0.3, -0.25) is 9.59 Å². The monoisotopic (exact) mass is 448 g/mol. The van der Waals surface area contributed by atoms with Crippen LogP contribution in [0.1, 0.15) is 16.7 Å². The van der Waals surface area contributed by atoms with Crippen molar-refractivity contribution in [2.45, 2.75) is 13.8 Å². The summed E-state index contributed by atoms with van der Waals surface area (Å²) in [4.78, 5) is 29.0. The first-order valence-electron chi connectivity index (χ1n) is 11.1. The number of fused-ring (bicyclic) bond motifs is 1. The molecule has 1 aliphatic heterocycles. The molecule has 4 aromatic rings. The van der Waals surface area contributed by atoms with Gasteiger partial charge in [0.2, 0.25) is 0 Å². The summed E-state index contributed by atoms with van der Waals surface area (Å²) >= 11 is 0. The van der Waals surface area contributed by atoms with Crippen molar-refractivity contribution in [2.75, 3.05) is 17.3 Å². The normalized spacial score (nSPS) is 13.7. The number of hydrogen-bond acceptors (Lipinski definition) is 4. The van der Waals surface area contributed by atoms with Crippen LogP contribution in [0, 0.1) is 13.8 Å². The Bertz CT molecular complexity index is 1460. The van der Waals surface area contributed by atoms with E-state index in [1.165, 1.54) is 4.90 Å². The van der Waals surface area contributed by atoms with Crippen LogP contribution >= 0.6 is 0 Å². The molecule has 0 saturated heterocycles. The fourth-order valence-electron chi connectivity index (χ4n) is 4.56. The topological polar surface area (TPSA) is 58.6 Å².